The van der Waals surface area contributed by atoms with Gasteiger partial charge in [-0.25, -0.2) is 0 Å². The van der Waals surface area contributed by atoms with Gasteiger partial charge in [0.2, 0.25) is 11.8 Å². The zero-order chi connectivity index (χ0) is 38.7. The number of imide groups is 1. The molecule has 0 aliphatic carbocycles. The molecule has 3 aromatic heterocycles. The molecule has 0 saturated carbocycles. The maximum atomic E-state index is 13.2. The van der Waals surface area contributed by atoms with Gasteiger partial charge in [-0.05, 0) is 87.4 Å². The summed E-state index contributed by atoms with van der Waals surface area (Å²) in [6, 6.07) is 12.9. The van der Waals surface area contributed by atoms with Crippen LogP contribution < -0.4 is 5.32 Å². The average Bonchev–Trinajstić information content (AvgIpc) is 3.92. The zero-order valence-electron chi connectivity index (χ0n) is 31.4. The maximum absolute atomic E-state index is 13.2. The lowest BCUT2D eigenvalue weighted by atomic mass is 9.89. The third-order valence-corrected chi connectivity index (χ3v) is 12.7. The topological polar surface area (TPSA) is 131 Å². The Balaban J connectivity index is 0.813. The highest BCUT2D eigenvalue weighted by atomic mass is 35.5. The number of thiophene rings is 1. The van der Waals surface area contributed by atoms with E-state index in [0.717, 1.165) is 94.1 Å². The van der Waals surface area contributed by atoms with Crippen LogP contribution in [0.25, 0.3) is 5.00 Å². The van der Waals surface area contributed by atoms with Gasteiger partial charge in [-0.1, -0.05) is 47.7 Å². The number of rotatable bonds is 8. The Morgan fingerprint density at radius 3 is 2.64 bits per heavy atom. The highest BCUT2D eigenvalue weighted by Crippen LogP contribution is 2.39. The molecule has 284 valence electrons. The van der Waals surface area contributed by atoms with Crippen LogP contribution in [0.15, 0.2) is 59.9 Å². The van der Waals surface area contributed by atoms with Crippen LogP contribution in [0.4, 0.5) is 0 Å². The van der Waals surface area contributed by atoms with E-state index in [4.69, 9.17) is 16.6 Å². The standard InChI is InChI=1S/C42H40ClN9O3S/c1-24-35(56-42-37(24)38(29-9-11-31(43)12-10-29)45-25(2)39-48-47-26(3)52(39)42)14-8-27-19-44-50(22-27)17-5-16-49-20-28(21-49)18-30-6-4-7-32-33(30)23-51(41(32)55)34-13-15-36(53)46-40(34)54/h4,6-7,9-12,19,22,25,28,34H,5,13,15-18,20-21,23H2,1-3H3,(H,46,53,54)/t25-,34?/m0/s1. The minimum Gasteiger partial charge on any atom is -0.322 e. The number of hydrogen-bond acceptors (Lipinski definition) is 9. The number of amides is 3. The molecule has 2 atom stereocenters. The fourth-order valence-corrected chi connectivity index (χ4v) is 9.72. The fourth-order valence-electron chi connectivity index (χ4n) is 8.37. The van der Waals surface area contributed by atoms with Crippen molar-refractivity contribution < 1.29 is 14.4 Å². The number of piperidine rings is 1. The summed E-state index contributed by atoms with van der Waals surface area (Å²) in [7, 11) is 0. The summed E-state index contributed by atoms with van der Waals surface area (Å²) < 4.78 is 4.08. The predicted octanol–water partition coefficient (Wildman–Crippen LogP) is 5.43. The molecule has 7 heterocycles. The predicted molar refractivity (Wildman–Crippen MR) is 213 cm³/mol. The lowest BCUT2D eigenvalue weighted by molar-refractivity contribution is -0.136. The normalized spacial score (nSPS) is 19.4. The second-order valence-electron chi connectivity index (χ2n) is 15.1. The van der Waals surface area contributed by atoms with Crippen molar-refractivity contribution in [2.75, 3.05) is 19.6 Å². The van der Waals surface area contributed by atoms with E-state index in [2.05, 4.69) is 54.9 Å². The summed E-state index contributed by atoms with van der Waals surface area (Å²) in [6.45, 7) is 10.3. The molecule has 2 aromatic carbocycles. The van der Waals surface area contributed by atoms with Crippen LogP contribution in [0.5, 0.6) is 0 Å². The zero-order valence-corrected chi connectivity index (χ0v) is 33.0. The summed E-state index contributed by atoms with van der Waals surface area (Å²) in [5.41, 5.74) is 7.74. The van der Waals surface area contributed by atoms with E-state index in [1.165, 1.54) is 5.56 Å². The molecule has 12 nitrogen and oxygen atoms in total. The quantitative estimate of drug-likeness (QED) is 0.164. The molecule has 9 rings (SSSR count). The second-order valence-corrected chi connectivity index (χ2v) is 16.5. The van der Waals surface area contributed by atoms with Gasteiger partial charge >= 0.3 is 0 Å². The Hall–Kier alpha value is -5.42. The smallest absolute Gasteiger partial charge is 0.255 e. The minimum atomic E-state index is -0.596. The van der Waals surface area contributed by atoms with Gasteiger partial charge in [0.05, 0.1) is 22.3 Å². The van der Waals surface area contributed by atoms with Gasteiger partial charge in [0.25, 0.3) is 5.91 Å². The van der Waals surface area contributed by atoms with Crippen LogP contribution in [-0.2, 0) is 29.1 Å². The molecule has 0 radical (unpaired) electrons. The van der Waals surface area contributed by atoms with E-state index in [-0.39, 0.29) is 30.2 Å². The highest BCUT2D eigenvalue weighted by Gasteiger charge is 2.40. The molecule has 56 heavy (non-hydrogen) atoms. The van der Waals surface area contributed by atoms with Crippen molar-refractivity contribution in [1.29, 1.82) is 0 Å². The van der Waals surface area contributed by atoms with Crippen molar-refractivity contribution in [2.24, 2.45) is 10.9 Å². The number of aliphatic imine (C=N–C) groups is 1. The Morgan fingerprint density at radius 1 is 1.02 bits per heavy atom. The number of halogens is 1. The molecular weight excluding hydrogens is 746 g/mol. The molecule has 2 fully saturated rings. The molecule has 3 amide bonds. The largest absolute Gasteiger partial charge is 0.322 e. The van der Waals surface area contributed by atoms with Crippen LogP contribution >= 0.6 is 22.9 Å². The lowest BCUT2D eigenvalue weighted by Gasteiger charge is -2.39. The molecular formula is C42H40ClN9O3S. The van der Waals surface area contributed by atoms with E-state index < -0.39 is 6.04 Å². The van der Waals surface area contributed by atoms with Gasteiger partial charge in [0.1, 0.15) is 22.9 Å². The molecule has 4 aliphatic rings. The Bertz CT molecular complexity index is 2500. The number of nitrogens with zero attached hydrogens (tertiary/aromatic N) is 8. The van der Waals surface area contributed by atoms with Crippen molar-refractivity contribution in [1.82, 2.24) is 39.7 Å². The van der Waals surface area contributed by atoms with Crippen molar-refractivity contribution in [3.05, 3.63) is 115 Å². The first-order valence-electron chi connectivity index (χ1n) is 19.0. The fraction of sp³-hybridized carbons (Fsp3) is 0.357. The molecule has 4 aliphatic heterocycles. The average molecular weight is 786 g/mol. The number of benzene rings is 2. The third kappa shape index (κ3) is 6.65. The SMILES string of the molecule is Cc1c(C#Cc2cnn(CCCN3CC(Cc4cccc5c4CN(C4CCC(=O)NC4=O)C5=O)C3)c2)sc2c1C(c1ccc(Cl)cc1)=N[C@@H](C)c1nnc(C)n1-2. The third-order valence-electron chi connectivity index (χ3n) is 11.3. The summed E-state index contributed by atoms with van der Waals surface area (Å²) in [4.78, 5) is 47.6. The van der Waals surface area contributed by atoms with E-state index in [9.17, 15) is 14.4 Å². The number of likely N-dealkylation sites (tertiary alicyclic amines) is 1. The van der Waals surface area contributed by atoms with Crippen LogP contribution in [0, 0.1) is 31.6 Å². The first-order chi connectivity index (χ1) is 27.1. The lowest BCUT2D eigenvalue weighted by Crippen LogP contribution is -2.52. The number of carbonyl (C=O) groups excluding carboxylic acids is 3. The number of aromatic nitrogens is 5. The Morgan fingerprint density at radius 2 is 1.84 bits per heavy atom. The summed E-state index contributed by atoms with van der Waals surface area (Å²) in [5, 5.41) is 17.6. The first-order valence-corrected chi connectivity index (χ1v) is 20.2. The van der Waals surface area contributed by atoms with Crippen LogP contribution in [0.1, 0.15) is 92.5 Å². The number of nitrogens with one attached hydrogen (secondary N) is 1. The van der Waals surface area contributed by atoms with E-state index in [0.29, 0.717) is 29.5 Å². The molecule has 14 heteroatoms. The van der Waals surface area contributed by atoms with Crippen LogP contribution in [-0.4, -0.2) is 83.5 Å². The van der Waals surface area contributed by atoms with E-state index >= 15 is 0 Å². The molecule has 5 aromatic rings. The summed E-state index contributed by atoms with van der Waals surface area (Å²) >= 11 is 7.87. The van der Waals surface area contributed by atoms with Crippen molar-refractivity contribution >= 4 is 46.4 Å². The Kier molecular flexibility index (Phi) is 9.43. The molecule has 0 bridgehead atoms. The van der Waals surface area contributed by atoms with Gasteiger partial charge in [-0.2, -0.15) is 5.10 Å². The minimum absolute atomic E-state index is 0.120. The van der Waals surface area contributed by atoms with Gasteiger partial charge in [-0.3, -0.25) is 33.9 Å². The van der Waals surface area contributed by atoms with E-state index in [1.54, 1.807) is 16.2 Å². The molecule has 1 unspecified atom stereocenters. The number of fused-ring (bicyclic) bond motifs is 4. The van der Waals surface area contributed by atoms with E-state index in [1.807, 2.05) is 67.3 Å². The number of carbonyl (C=O) groups is 3. The summed E-state index contributed by atoms with van der Waals surface area (Å²) in [5.74, 6) is 8.16. The second kappa shape index (κ2) is 14.6. The first kappa shape index (κ1) is 36.2. The molecule has 1 N–H and O–H groups in total. The van der Waals surface area contributed by atoms with Crippen molar-refractivity contribution in [3.63, 3.8) is 0 Å². The number of hydrogen-bond donors (Lipinski definition) is 1. The van der Waals surface area contributed by atoms with Crippen molar-refractivity contribution in [2.45, 2.75) is 71.6 Å². The van der Waals surface area contributed by atoms with Gasteiger partial charge < -0.3 is 9.80 Å². The molecule has 0 spiro atoms. The van der Waals surface area contributed by atoms with Gasteiger partial charge in [0.15, 0.2) is 5.82 Å². The van der Waals surface area contributed by atoms with Crippen molar-refractivity contribution in [3.8, 4) is 16.8 Å². The Labute approximate surface area is 333 Å². The summed E-state index contributed by atoms with van der Waals surface area (Å²) in [6.07, 6.45) is 6.34. The monoisotopic (exact) mass is 785 g/mol. The molecule has 2 saturated heterocycles. The van der Waals surface area contributed by atoms with Crippen LogP contribution in [0.2, 0.25) is 5.02 Å². The van der Waals surface area contributed by atoms with Gasteiger partial charge in [-0.15, -0.1) is 21.5 Å². The maximum Gasteiger partial charge on any atom is 0.255 e. The van der Waals surface area contributed by atoms with Gasteiger partial charge in [0, 0.05) is 60.5 Å². The number of aryl methyl sites for hydroxylation is 2. The highest BCUT2D eigenvalue weighted by molar-refractivity contribution is 7.15. The van der Waals surface area contributed by atoms with Crippen LogP contribution in [0.3, 0.4) is 0 Å².